The fourth-order valence-electron chi connectivity index (χ4n) is 4.78. The first-order chi connectivity index (χ1) is 18.7. The van der Waals surface area contributed by atoms with Crippen molar-refractivity contribution in [2.24, 2.45) is 0 Å². The summed E-state index contributed by atoms with van der Waals surface area (Å²) in [6, 6.07) is 11.4. The number of nitrogens with one attached hydrogen (secondary N) is 1. The van der Waals surface area contributed by atoms with Crippen LogP contribution in [0, 0.1) is 0 Å². The lowest BCUT2D eigenvalue weighted by atomic mass is 9.98. The Hall–Kier alpha value is -3.68. The third kappa shape index (κ3) is 5.29. The molecule has 0 aromatic heterocycles. The smallest absolute Gasteiger partial charge is 0.331 e. The Morgan fingerprint density at radius 1 is 1.08 bits per heavy atom. The molecule has 39 heavy (non-hydrogen) atoms. The first-order valence-corrected chi connectivity index (χ1v) is 13.9. The van der Waals surface area contributed by atoms with Gasteiger partial charge in [0.15, 0.2) is 14.6 Å². The highest BCUT2D eigenvalue weighted by Gasteiger charge is 2.52. The minimum atomic E-state index is -4.14. The van der Waals surface area contributed by atoms with Gasteiger partial charge in [-0.15, -0.1) is 0 Å². The number of nitrogens with zero attached hydrogens (tertiary/aromatic N) is 2. The van der Waals surface area contributed by atoms with Gasteiger partial charge in [-0.25, -0.2) is 18.7 Å². The second-order valence-electron chi connectivity index (χ2n) is 9.24. The maximum Gasteiger partial charge on any atom is 0.331 e. The Labute approximate surface area is 226 Å². The van der Waals surface area contributed by atoms with Crippen molar-refractivity contribution in [1.29, 1.82) is 0 Å². The molecule has 0 saturated carbocycles. The predicted molar refractivity (Wildman–Crippen MR) is 138 cm³/mol. The Kier molecular flexibility index (Phi) is 8.42. The van der Waals surface area contributed by atoms with E-state index >= 15 is 0 Å². The summed E-state index contributed by atoms with van der Waals surface area (Å²) in [7, 11) is -2.59. The summed E-state index contributed by atoms with van der Waals surface area (Å²) in [5.74, 6) is -0.270. The molecular formula is C26H31N3O9S. The van der Waals surface area contributed by atoms with E-state index in [9.17, 15) is 22.8 Å². The molecule has 0 spiro atoms. The van der Waals surface area contributed by atoms with Crippen LogP contribution in [0.2, 0.25) is 0 Å². The summed E-state index contributed by atoms with van der Waals surface area (Å²) in [6.07, 6.45) is 0.200. The number of hydroxylamine groups is 1. The molecule has 2 fully saturated rings. The minimum absolute atomic E-state index is 0.0759. The molecule has 13 heteroatoms. The number of imide groups is 1. The second-order valence-corrected chi connectivity index (χ2v) is 11.5. The number of amides is 4. The van der Waals surface area contributed by atoms with Crippen LogP contribution in [-0.2, 0) is 24.2 Å². The third-order valence-electron chi connectivity index (χ3n) is 7.06. The van der Waals surface area contributed by atoms with Crippen LogP contribution in [-0.4, -0.2) is 80.6 Å². The molecule has 0 radical (unpaired) electrons. The van der Waals surface area contributed by atoms with Gasteiger partial charge in [0.1, 0.15) is 17.5 Å². The molecule has 2 aromatic carbocycles. The lowest BCUT2D eigenvalue weighted by Crippen LogP contribution is -2.54. The zero-order valence-electron chi connectivity index (χ0n) is 21.7. The fourth-order valence-corrected chi connectivity index (χ4v) is 6.72. The molecule has 2 aliphatic heterocycles. The van der Waals surface area contributed by atoms with Crippen LogP contribution < -0.4 is 19.9 Å². The van der Waals surface area contributed by atoms with Gasteiger partial charge in [0.2, 0.25) is 0 Å². The van der Waals surface area contributed by atoms with Gasteiger partial charge in [-0.05, 0) is 74.7 Å². The topological polar surface area (TPSA) is 152 Å². The van der Waals surface area contributed by atoms with Gasteiger partial charge in [-0.2, -0.15) is 0 Å². The summed E-state index contributed by atoms with van der Waals surface area (Å²) in [5, 5.41) is 9.17. The quantitative estimate of drug-likeness (QED) is 0.192. The van der Waals surface area contributed by atoms with Crippen molar-refractivity contribution in [3.05, 3.63) is 48.5 Å². The fraction of sp³-hybridized carbons (Fsp3) is 0.423. The first-order valence-electron chi connectivity index (χ1n) is 12.4. The van der Waals surface area contributed by atoms with Crippen molar-refractivity contribution in [3.63, 3.8) is 0 Å². The van der Waals surface area contributed by atoms with Crippen molar-refractivity contribution in [2.45, 2.75) is 41.9 Å². The van der Waals surface area contributed by atoms with Gasteiger partial charge < -0.3 is 14.2 Å². The highest BCUT2D eigenvalue weighted by atomic mass is 32.2. The summed E-state index contributed by atoms with van der Waals surface area (Å²) >= 11 is 0. The van der Waals surface area contributed by atoms with E-state index in [4.69, 9.17) is 19.4 Å². The Morgan fingerprint density at radius 3 is 2.28 bits per heavy atom. The van der Waals surface area contributed by atoms with Crippen LogP contribution >= 0.6 is 0 Å². The standard InChI is InChI=1S/C26H31N3O9S/c1-18-23(30)28(25(32)29(18)19-4-6-20(36-2)7-5-19)14-3-15-38-21-8-10-22(11-9-21)39(34,35)26(24(31)27-33)12-16-37-17-13-26/h4-11,18,33H,3,12-17H2,1-2H3,(H,27,31)/t18-/m1/s1. The lowest BCUT2D eigenvalue weighted by Gasteiger charge is -2.34. The molecular weight excluding hydrogens is 530 g/mol. The van der Waals surface area contributed by atoms with Crippen molar-refractivity contribution < 1.29 is 42.2 Å². The number of hydrogen-bond acceptors (Lipinski definition) is 9. The number of anilines is 1. The average Bonchev–Trinajstić information content (AvgIpc) is 3.18. The molecule has 4 rings (SSSR count). The van der Waals surface area contributed by atoms with Gasteiger partial charge >= 0.3 is 6.03 Å². The molecule has 0 bridgehead atoms. The second kappa shape index (κ2) is 11.6. The van der Waals surface area contributed by atoms with E-state index in [2.05, 4.69) is 0 Å². The van der Waals surface area contributed by atoms with E-state index in [1.807, 2.05) is 0 Å². The zero-order valence-corrected chi connectivity index (χ0v) is 22.5. The van der Waals surface area contributed by atoms with Crippen molar-refractivity contribution >= 4 is 33.4 Å². The molecule has 0 aliphatic carbocycles. The number of urea groups is 1. The van der Waals surface area contributed by atoms with Gasteiger partial charge in [0.05, 0.1) is 18.6 Å². The van der Waals surface area contributed by atoms with E-state index in [0.717, 1.165) is 0 Å². The number of carbonyl (C=O) groups is 3. The molecule has 2 aliphatic rings. The third-order valence-corrected chi connectivity index (χ3v) is 9.57. The number of carbonyl (C=O) groups excluding carboxylic acids is 3. The van der Waals surface area contributed by atoms with Crippen molar-refractivity contribution in [1.82, 2.24) is 10.4 Å². The first kappa shape index (κ1) is 28.3. The van der Waals surface area contributed by atoms with Crippen molar-refractivity contribution in [2.75, 3.05) is 38.4 Å². The van der Waals surface area contributed by atoms with E-state index in [0.29, 0.717) is 23.6 Å². The van der Waals surface area contributed by atoms with E-state index in [-0.39, 0.29) is 50.0 Å². The highest BCUT2D eigenvalue weighted by Crippen LogP contribution is 2.36. The van der Waals surface area contributed by atoms with Gasteiger partial charge in [-0.1, -0.05) is 0 Å². The number of methoxy groups -OCH3 is 1. The lowest BCUT2D eigenvalue weighted by molar-refractivity contribution is -0.134. The van der Waals surface area contributed by atoms with Crippen LogP contribution in [0.1, 0.15) is 26.2 Å². The molecule has 2 aromatic rings. The maximum atomic E-state index is 13.3. The molecule has 2 saturated heterocycles. The van der Waals surface area contributed by atoms with E-state index in [1.165, 1.54) is 39.5 Å². The molecule has 2 heterocycles. The molecule has 0 unspecified atom stereocenters. The normalized spacial score (nSPS) is 19.2. The van der Waals surface area contributed by atoms with Crippen LogP contribution in [0.3, 0.4) is 0 Å². The largest absolute Gasteiger partial charge is 0.497 e. The predicted octanol–water partition coefficient (Wildman–Crippen LogP) is 2.15. The van der Waals surface area contributed by atoms with Crippen molar-refractivity contribution in [3.8, 4) is 11.5 Å². The van der Waals surface area contributed by atoms with Gasteiger partial charge in [-0.3, -0.25) is 24.6 Å². The zero-order chi connectivity index (χ0) is 28.2. The van der Waals surface area contributed by atoms with Crippen LogP contribution in [0.25, 0.3) is 0 Å². The maximum absolute atomic E-state index is 13.3. The summed E-state index contributed by atoms with van der Waals surface area (Å²) < 4.78 is 40.9. The minimum Gasteiger partial charge on any atom is -0.497 e. The van der Waals surface area contributed by atoms with E-state index < -0.39 is 32.6 Å². The SMILES string of the molecule is COc1ccc(N2C(=O)N(CCCOc3ccc(S(=O)(=O)C4(C(=O)NO)CCOCC4)cc3)C(=O)[C@H]2C)cc1. The Balaban J connectivity index is 1.35. The molecule has 4 amide bonds. The molecule has 1 atom stereocenters. The average molecular weight is 562 g/mol. The van der Waals surface area contributed by atoms with Crippen LogP contribution in [0.5, 0.6) is 11.5 Å². The Bertz CT molecular complexity index is 1310. The molecule has 210 valence electrons. The van der Waals surface area contributed by atoms with Crippen LogP contribution in [0.15, 0.2) is 53.4 Å². The number of hydrogen-bond donors (Lipinski definition) is 2. The monoisotopic (exact) mass is 561 g/mol. The molecule has 2 N–H and O–H groups in total. The van der Waals surface area contributed by atoms with Crippen LogP contribution in [0.4, 0.5) is 10.5 Å². The summed E-state index contributed by atoms with van der Waals surface area (Å²) in [5.41, 5.74) is 2.08. The Morgan fingerprint density at radius 2 is 1.69 bits per heavy atom. The number of benzene rings is 2. The number of ether oxygens (including phenoxy) is 3. The summed E-state index contributed by atoms with van der Waals surface area (Å²) in [6.45, 7) is 2.15. The number of rotatable bonds is 10. The molecule has 12 nitrogen and oxygen atoms in total. The summed E-state index contributed by atoms with van der Waals surface area (Å²) in [4.78, 5) is 40.6. The highest BCUT2D eigenvalue weighted by molar-refractivity contribution is 7.93. The van der Waals surface area contributed by atoms with E-state index in [1.54, 1.807) is 38.3 Å². The van der Waals surface area contributed by atoms with Gasteiger partial charge in [0.25, 0.3) is 11.8 Å². The number of sulfone groups is 1. The van der Waals surface area contributed by atoms with Gasteiger partial charge in [0, 0.05) is 25.4 Å².